The molecule has 0 radical (unpaired) electrons. The van der Waals surface area contributed by atoms with Crippen LogP contribution >= 0.6 is 0 Å². The fourth-order valence-corrected chi connectivity index (χ4v) is 5.38. The Kier molecular flexibility index (Phi) is 15.0. The summed E-state index contributed by atoms with van der Waals surface area (Å²) in [5.41, 5.74) is 1.61. The van der Waals surface area contributed by atoms with Gasteiger partial charge in [0.25, 0.3) is 0 Å². The molecular weight excluding hydrogens is 628 g/mol. The van der Waals surface area contributed by atoms with Gasteiger partial charge in [-0.2, -0.15) is 0 Å². The van der Waals surface area contributed by atoms with Crippen LogP contribution in [-0.4, -0.2) is 98.5 Å². The molecule has 0 heterocycles. The number of aliphatic hydroxyl groups excluding tert-OH is 3. The van der Waals surface area contributed by atoms with Crippen molar-refractivity contribution in [3.05, 3.63) is 108 Å². The van der Waals surface area contributed by atoms with Crippen LogP contribution in [0.25, 0.3) is 0 Å². The Labute approximate surface area is 288 Å². The molecule has 3 aromatic rings. The van der Waals surface area contributed by atoms with E-state index < -0.39 is 60.1 Å². The minimum Gasteiger partial charge on any atom is -0.465 e. The SMILES string of the molecule is C[C@H](O)[C@@H](C(=O)N[C@@H](Cc1ccccc1)[C@H](O)CNC[C@@H](O)[C@H](Cc1ccccc1)NC(=O)OC(C)(C)C)N(Cc1ccccc1)C(=O)O. The topological polar surface area (TPSA) is 181 Å². The molecule has 0 aliphatic carbocycles. The maximum atomic E-state index is 13.7. The Morgan fingerprint density at radius 3 is 1.55 bits per heavy atom. The molecule has 49 heavy (non-hydrogen) atoms. The van der Waals surface area contributed by atoms with Crippen molar-refractivity contribution >= 4 is 18.1 Å². The smallest absolute Gasteiger partial charge is 0.408 e. The van der Waals surface area contributed by atoms with Gasteiger partial charge in [-0.3, -0.25) is 9.69 Å². The number of benzene rings is 3. The number of nitrogens with zero attached hydrogens (tertiary/aromatic N) is 1. The van der Waals surface area contributed by atoms with Crippen LogP contribution in [0.1, 0.15) is 44.4 Å². The predicted octanol–water partition coefficient (Wildman–Crippen LogP) is 3.09. The third-order valence-corrected chi connectivity index (χ3v) is 7.77. The van der Waals surface area contributed by atoms with Gasteiger partial charge in [-0.15, -0.1) is 0 Å². The average molecular weight is 679 g/mol. The van der Waals surface area contributed by atoms with Crippen LogP contribution in [0, 0.1) is 0 Å². The van der Waals surface area contributed by atoms with E-state index in [1.165, 1.54) is 6.92 Å². The quantitative estimate of drug-likeness (QED) is 0.113. The Bertz CT molecular complexity index is 1440. The van der Waals surface area contributed by atoms with Crippen LogP contribution < -0.4 is 16.0 Å². The summed E-state index contributed by atoms with van der Waals surface area (Å²) in [7, 11) is 0. The van der Waals surface area contributed by atoms with Crippen molar-refractivity contribution in [1.29, 1.82) is 0 Å². The van der Waals surface area contributed by atoms with Crippen molar-refractivity contribution in [3.63, 3.8) is 0 Å². The van der Waals surface area contributed by atoms with Crippen LogP contribution in [-0.2, 0) is 28.9 Å². The third-order valence-electron chi connectivity index (χ3n) is 7.77. The summed E-state index contributed by atoms with van der Waals surface area (Å²) in [6, 6.07) is 24.2. The molecule has 0 aliphatic heterocycles. The first-order chi connectivity index (χ1) is 23.2. The van der Waals surface area contributed by atoms with Crippen LogP contribution in [0.5, 0.6) is 0 Å². The van der Waals surface area contributed by atoms with E-state index in [1.807, 2.05) is 60.7 Å². The van der Waals surface area contributed by atoms with E-state index in [0.717, 1.165) is 16.0 Å². The first-order valence-electron chi connectivity index (χ1n) is 16.4. The molecular formula is C37H50N4O8. The molecule has 0 saturated carbocycles. The molecule has 0 spiro atoms. The minimum absolute atomic E-state index is 0.0173. The van der Waals surface area contributed by atoms with Gasteiger partial charge in [0.05, 0.1) is 30.4 Å². The van der Waals surface area contributed by atoms with Crippen molar-refractivity contribution in [2.24, 2.45) is 0 Å². The number of carboxylic acid groups (broad SMARTS) is 1. The van der Waals surface area contributed by atoms with Crippen LogP contribution in [0.2, 0.25) is 0 Å². The molecule has 266 valence electrons. The van der Waals surface area contributed by atoms with E-state index in [1.54, 1.807) is 51.1 Å². The number of rotatable bonds is 17. The van der Waals surface area contributed by atoms with Gasteiger partial charge in [-0.1, -0.05) is 91.0 Å². The highest BCUT2D eigenvalue weighted by atomic mass is 16.6. The Balaban J connectivity index is 1.73. The lowest BCUT2D eigenvalue weighted by Gasteiger charge is -2.33. The lowest BCUT2D eigenvalue weighted by molar-refractivity contribution is -0.131. The molecule has 0 aromatic heterocycles. The second kappa shape index (κ2) is 18.9. The van der Waals surface area contributed by atoms with Crippen molar-refractivity contribution in [3.8, 4) is 0 Å². The van der Waals surface area contributed by atoms with Gasteiger partial charge in [0.2, 0.25) is 5.91 Å². The second-order valence-electron chi connectivity index (χ2n) is 13.1. The number of nitrogens with one attached hydrogen (secondary N) is 3. The van der Waals surface area contributed by atoms with Gasteiger partial charge < -0.3 is 41.1 Å². The zero-order chi connectivity index (χ0) is 36.0. The standard InChI is InChI=1S/C37H50N4O8/c1-25(42)33(41(36(47)48)24-28-18-12-7-13-19-28)34(45)39-29(20-26-14-8-5-9-15-26)31(43)22-38-23-32(44)30(21-27-16-10-6-11-17-27)40-35(46)49-37(2,3)4/h5-19,25,29-33,38,42-44H,20-24H2,1-4H3,(H,39,45)(H,40,46)(H,47,48)/t25-,29-,30-,31+,32+,33-/m0/s1. The summed E-state index contributed by atoms with van der Waals surface area (Å²) in [5.74, 6) is -0.766. The molecule has 3 amide bonds. The number of amides is 3. The van der Waals surface area contributed by atoms with E-state index in [0.29, 0.717) is 12.0 Å². The van der Waals surface area contributed by atoms with Gasteiger partial charge in [0, 0.05) is 19.6 Å². The molecule has 12 nitrogen and oxygen atoms in total. The lowest BCUT2D eigenvalue weighted by atomic mass is 9.99. The maximum Gasteiger partial charge on any atom is 0.408 e. The Morgan fingerprint density at radius 2 is 1.14 bits per heavy atom. The van der Waals surface area contributed by atoms with Crippen molar-refractivity contribution in [2.75, 3.05) is 13.1 Å². The molecule has 3 rings (SSSR count). The molecule has 0 unspecified atom stereocenters. The maximum absolute atomic E-state index is 13.7. The number of hydrogen-bond acceptors (Lipinski definition) is 8. The van der Waals surface area contributed by atoms with Gasteiger partial charge in [0.1, 0.15) is 11.6 Å². The van der Waals surface area contributed by atoms with E-state index in [4.69, 9.17) is 4.74 Å². The summed E-state index contributed by atoms with van der Waals surface area (Å²) < 4.78 is 5.40. The number of hydrogen-bond donors (Lipinski definition) is 7. The largest absolute Gasteiger partial charge is 0.465 e. The van der Waals surface area contributed by atoms with Crippen LogP contribution in [0.4, 0.5) is 9.59 Å². The lowest BCUT2D eigenvalue weighted by Crippen LogP contribution is -2.59. The van der Waals surface area contributed by atoms with Crippen LogP contribution in [0.3, 0.4) is 0 Å². The summed E-state index contributed by atoms with van der Waals surface area (Å²) in [6.45, 7) is 6.36. The molecule has 12 heteroatoms. The van der Waals surface area contributed by atoms with Gasteiger partial charge >= 0.3 is 12.2 Å². The number of ether oxygens (including phenoxy) is 1. The highest BCUT2D eigenvalue weighted by molar-refractivity contribution is 5.86. The third kappa shape index (κ3) is 13.5. The fourth-order valence-electron chi connectivity index (χ4n) is 5.38. The monoisotopic (exact) mass is 678 g/mol. The second-order valence-corrected chi connectivity index (χ2v) is 13.1. The van der Waals surface area contributed by atoms with Crippen molar-refractivity contribution < 1.29 is 39.5 Å². The fraction of sp³-hybridized carbons (Fsp3) is 0.432. The number of carbonyl (C=O) groups excluding carboxylic acids is 2. The normalized spacial score (nSPS) is 15.2. The molecule has 0 bridgehead atoms. The van der Waals surface area contributed by atoms with Gasteiger partial charge in [-0.25, -0.2) is 9.59 Å². The zero-order valence-electron chi connectivity index (χ0n) is 28.5. The number of aliphatic hydroxyl groups is 3. The first-order valence-corrected chi connectivity index (χ1v) is 16.4. The van der Waals surface area contributed by atoms with Crippen molar-refractivity contribution in [1.82, 2.24) is 20.9 Å². The van der Waals surface area contributed by atoms with E-state index in [9.17, 15) is 34.8 Å². The number of alkyl carbamates (subject to hydrolysis) is 1. The first kappa shape index (κ1) is 39.0. The van der Waals surface area contributed by atoms with E-state index in [-0.39, 0.29) is 26.1 Å². The molecule has 6 atom stereocenters. The minimum atomic E-state index is -1.46. The van der Waals surface area contributed by atoms with E-state index in [2.05, 4.69) is 16.0 Å². The molecule has 0 fully saturated rings. The highest BCUT2D eigenvalue weighted by Gasteiger charge is 2.36. The summed E-state index contributed by atoms with van der Waals surface area (Å²) in [6.07, 6.45) is -5.16. The van der Waals surface area contributed by atoms with Crippen molar-refractivity contribution in [2.45, 2.75) is 89.1 Å². The number of carbonyl (C=O) groups is 3. The summed E-state index contributed by atoms with van der Waals surface area (Å²) >= 11 is 0. The highest BCUT2D eigenvalue weighted by Crippen LogP contribution is 2.15. The molecule has 3 aromatic carbocycles. The average Bonchev–Trinajstić information content (AvgIpc) is 3.04. The predicted molar refractivity (Wildman–Crippen MR) is 186 cm³/mol. The summed E-state index contributed by atoms with van der Waals surface area (Å²) in [5, 5.41) is 51.7. The summed E-state index contributed by atoms with van der Waals surface area (Å²) in [4.78, 5) is 39.4. The molecule has 0 saturated heterocycles. The van der Waals surface area contributed by atoms with Gasteiger partial charge in [-0.05, 0) is 57.2 Å². The zero-order valence-corrected chi connectivity index (χ0v) is 28.5. The Morgan fingerprint density at radius 1 is 0.714 bits per heavy atom. The molecule has 0 aliphatic rings. The molecule has 7 N–H and O–H groups in total. The van der Waals surface area contributed by atoms with E-state index >= 15 is 0 Å². The Hall–Kier alpha value is -4.49. The van der Waals surface area contributed by atoms with Crippen LogP contribution in [0.15, 0.2) is 91.0 Å². The van der Waals surface area contributed by atoms with Gasteiger partial charge in [0.15, 0.2) is 0 Å².